The Labute approximate surface area is 78.3 Å². The van der Waals surface area contributed by atoms with Crippen LogP contribution in [0.4, 0.5) is 0 Å². The molecule has 0 aromatic carbocycles. The molecule has 4 heteroatoms. The van der Waals surface area contributed by atoms with Gasteiger partial charge in [0.25, 0.3) is 0 Å². The largest absolute Gasteiger partial charge is 0.506 e. The van der Waals surface area contributed by atoms with Gasteiger partial charge in [-0.1, -0.05) is 18.5 Å². The minimum absolute atomic E-state index is 0.153. The van der Waals surface area contributed by atoms with Crippen LogP contribution < -0.4 is 0 Å². The van der Waals surface area contributed by atoms with E-state index in [-0.39, 0.29) is 5.75 Å². The first-order valence-corrected chi connectivity index (χ1v) is 4.35. The third-order valence-corrected chi connectivity index (χ3v) is 2.65. The molecule has 1 aromatic rings. The van der Waals surface area contributed by atoms with E-state index in [0.29, 0.717) is 16.0 Å². The Kier molecular flexibility index (Phi) is 2.73. The van der Waals surface area contributed by atoms with Gasteiger partial charge < -0.3 is 5.11 Å². The lowest BCUT2D eigenvalue weighted by Crippen LogP contribution is -1.87. The first-order chi connectivity index (χ1) is 5.16. The molecule has 0 amide bonds. The van der Waals surface area contributed by atoms with Crippen molar-refractivity contribution in [2.45, 2.75) is 13.3 Å². The van der Waals surface area contributed by atoms with Gasteiger partial charge in [0.15, 0.2) is 0 Å². The Bertz CT molecular complexity index is 277. The average Bonchev–Trinajstić information content (AvgIpc) is 1.99. The maximum Gasteiger partial charge on any atom is 0.138 e. The second kappa shape index (κ2) is 3.41. The first-order valence-electron chi connectivity index (χ1n) is 3.18. The van der Waals surface area contributed by atoms with Crippen molar-refractivity contribution < 1.29 is 5.11 Å². The molecule has 1 heterocycles. The zero-order valence-electron chi connectivity index (χ0n) is 5.93. The van der Waals surface area contributed by atoms with Crippen LogP contribution in [0.2, 0.25) is 5.02 Å². The van der Waals surface area contributed by atoms with Gasteiger partial charge in [0.05, 0.1) is 11.2 Å². The van der Waals surface area contributed by atoms with E-state index in [0.717, 1.165) is 5.56 Å². The van der Waals surface area contributed by atoms with Gasteiger partial charge >= 0.3 is 0 Å². The highest BCUT2D eigenvalue weighted by atomic mass is 79.9. The van der Waals surface area contributed by atoms with Gasteiger partial charge in [-0.25, -0.2) is 4.98 Å². The van der Waals surface area contributed by atoms with E-state index in [2.05, 4.69) is 20.9 Å². The maximum atomic E-state index is 9.25. The zero-order valence-corrected chi connectivity index (χ0v) is 8.28. The molecule has 0 saturated heterocycles. The summed E-state index contributed by atoms with van der Waals surface area (Å²) in [5.74, 6) is 0.153. The summed E-state index contributed by atoms with van der Waals surface area (Å²) in [5, 5.41) is 9.74. The van der Waals surface area contributed by atoms with Gasteiger partial charge in [-0.2, -0.15) is 0 Å². The Balaban J connectivity index is 3.29. The highest BCUT2D eigenvalue weighted by molar-refractivity contribution is 9.10. The highest BCUT2D eigenvalue weighted by Gasteiger charge is 2.08. The van der Waals surface area contributed by atoms with Crippen LogP contribution in [-0.4, -0.2) is 10.1 Å². The van der Waals surface area contributed by atoms with E-state index in [9.17, 15) is 5.11 Å². The van der Waals surface area contributed by atoms with Crippen LogP contribution in [-0.2, 0) is 6.42 Å². The smallest absolute Gasteiger partial charge is 0.138 e. The standard InChI is InChI=1S/C7H7BrClNO/c1-2-4-5(11)3-10-7(8)6(4)9/h3,11H,2H2,1H3. The van der Waals surface area contributed by atoms with Crippen molar-refractivity contribution in [3.63, 3.8) is 0 Å². The van der Waals surface area contributed by atoms with Gasteiger partial charge in [0, 0.05) is 5.56 Å². The molecule has 0 spiro atoms. The highest BCUT2D eigenvalue weighted by Crippen LogP contribution is 2.30. The molecular formula is C7H7BrClNO. The summed E-state index contributed by atoms with van der Waals surface area (Å²) in [6, 6.07) is 0. The Morgan fingerprint density at radius 1 is 1.73 bits per heavy atom. The lowest BCUT2D eigenvalue weighted by molar-refractivity contribution is 0.466. The number of rotatable bonds is 1. The molecule has 0 saturated carbocycles. The third-order valence-electron chi connectivity index (χ3n) is 1.41. The molecule has 0 aliphatic heterocycles. The molecule has 0 bridgehead atoms. The summed E-state index contributed by atoms with van der Waals surface area (Å²) in [4.78, 5) is 3.82. The average molecular weight is 236 g/mol. The molecule has 1 N–H and O–H groups in total. The van der Waals surface area contributed by atoms with Crippen molar-refractivity contribution in [3.8, 4) is 5.75 Å². The summed E-state index contributed by atoms with van der Waals surface area (Å²) in [6.45, 7) is 1.92. The fourth-order valence-corrected chi connectivity index (χ4v) is 1.45. The van der Waals surface area contributed by atoms with Crippen LogP contribution in [0.3, 0.4) is 0 Å². The van der Waals surface area contributed by atoms with Crippen molar-refractivity contribution >= 4 is 27.5 Å². The Hall–Kier alpha value is -0.280. The van der Waals surface area contributed by atoms with Crippen molar-refractivity contribution in [3.05, 3.63) is 21.4 Å². The molecule has 11 heavy (non-hydrogen) atoms. The lowest BCUT2D eigenvalue weighted by Gasteiger charge is -2.03. The molecule has 1 aromatic heterocycles. The first kappa shape index (κ1) is 8.81. The van der Waals surface area contributed by atoms with Crippen molar-refractivity contribution in [2.24, 2.45) is 0 Å². The Morgan fingerprint density at radius 2 is 2.36 bits per heavy atom. The number of hydrogen-bond acceptors (Lipinski definition) is 2. The number of halogens is 2. The van der Waals surface area contributed by atoms with Gasteiger partial charge in [-0.15, -0.1) is 0 Å². The summed E-state index contributed by atoms with van der Waals surface area (Å²) >= 11 is 9.00. The van der Waals surface area contributed by atoms with Gasteiger partial charge in [0.1, 0.15) is 10.4 Å². The minimum atomic E-state index is 0.153. The van der Waals surface area contributed by atoms with Crippen LogP contribution in [0.1, 0.15) is 12.5 Å². The molecule has 0 radical (unpaired) electrons. The third kappa shape index (κ3) is 1.65. The van der Waals surface area contributed by atoms with Crippen molar-refractivity contribution in [2.75, 3.05) is 0 Å². The van der Waals surface area contributed by atoms with E-state index in [1.165, 1.54) is 6.20 Å². The second-order valence-corrected chi connectivity index (χ2v) is 3.21. The number of pyridine rings is 1. The summed E-state index contributed by atoms with van der Waals surface area (Å²) in [5.41, 5.74) is 0.730. The topological polar surface area (TPSA) is 33.1 Å². The summed E-state index contributed by atoms with van der Waals surface area (Å²) in [7, 11) is 0. The number of hydrogen-bond donors (Lipinski definition) is 1. The van der Waals surface area contributed by atoms with E-state index in [1.807, 2.05) is 6.92 Å². The van der Waals surface area contributed by atoms with Gasteiger partial charge in [0.2, 0.25) is 0 Å². The Morgan fingerprint density at radius 3 is 2.82 bits per heavy atom. The summed E-state index contributed by atoms with van der Waals surface area (Å²) in [6.07, 6.45) is 2.08. The number of aromatic nitrogens is 1. The fourth-order valence-electron chi connectivity index (χ4n) is 0.826. The SMILES string of the molecule is CCc1c(O)cnc(Br)c1Cl. The van der Waals surface area contributed by atoms with Crippen molar-refractivity contribution in [1.29, 1.82) is 0 Å². The van der Waals surface area contributed by atoms with Gasteiger partial charge in [-0.3, -0.25) is 0 Å². The zero-order chi connectivity index (χ0) is 8.43. The van der Waals surface area contributed by atoms with Crippen LogP contribution >= 0.6 is 27.5 Å². The van der Waals surface area contributed by atoms with E-state index in [4.69, 9.17) is 11.6 Å². The molecule has 1 rings (SSSR count). The van der Waals surface area contributed by atoms with Crippen LogP contribution in [0, 0.1) is 0 Å². The predicted molar refractivity (Wildman–Crippen MR) is 48.0 cm³/mol. The predicted octanol–water partition coefficient (Wildman–Crippen LogP) is 2.77. The molecule has 0 aliphatic rings. The number of aromatic hydroxyl groups is 1. The molecule has 0 atom stereocenters. The quantitative estimate of drug-likeness (QED) is 0.761. The van der Waals surface area contributed by atoms with E-state index >= 15 is 0 Å². The van der Waals surface area contributed by atoms with Crippen LogP contribution in [0.15, 0.2) is 10.8 Å². The molecule has 0 fully saturated rings. The molecular weight excluding hydrogens is 229 g/mol. The number of nitrogens with zero attached hydrogens (tertiary/aromatic N) is 1. The normalized spacial score (nSPS) is 10.1. The van der Waals surface area contributed by atoms with Crippen LogP contribution in [0.5, 0.6) is 5.75 Å². The van der Waals surface area contributed by atoms with Crippen molar-refractivity contribution in [1.82, 2.24) is 4.98 Å². The molecule has 60 valence electrons. The second-order valence-electron chi connectivity index (χ2n) is 2.08. The van der Waals surface area contributed by atoms with Crippen LogP contribution in [0.25, 0.3) is 0 Å². The molecule has 0 aliphatic carbocycles. The lowest BCUT2D eigenvalue weighted by atomic mass is 10.2. The minimum Gasteiger partial charge on any atom is -0.506 e. The van der Waals surface area contributed by atoms with E-state index in [1.54, 1.807) is 0 Å². The monoisotopic (exact) mass is 235 g/mol. The molecule has 2 nitrogen and oxygen atoms in total. The summed E-state index contributed by atoms with van der Waals surface area (Å²) < 4.78 is 0.578. The maximum absolute atomic E-state index is 9.25. The van der Waals surface area contributed by atoms with Gasteiger partial charge in [-0.05, 0) is 22.4 Å². The fraction of sp³-hybridized carbons (Fsp3) is 0.286. The van der Waals surface area contributed by atoms with E-state index < -0.39 is 0 Å². The molecule has 0 unspecified atom stereocenters.